The van der Waals surface area contributed by atoms with Gasteiger partial charge in [-0.3, -0.25) is 4.79 Å². The molecule has 2 heterocycles. The third-order valence-electron chi connectivity index (χ3n) is 4.26. The summed E-state index contributed by atoms with van der Waals surface area (Å²) in [5.74, 6) is 0.0270. The van der Waals surface area contributed by atoms with Crippen molar-refractivity contribution in [3.05, 3.63) is 48.3 Å². The molecule has 0 unspecified atom stereocenters. The first kappa shape index (κ1) is 15.6. The second-order valence-corrected chi connectivity index (χ2v) is 5.67. The fourth-order valence-corrected chi connectivity index (χ4v) is 2.93. The van der Waals surface area contributed by atoms with Crippen molar-refractivity contribution in [2.45, 2.75) is 6.92 Å². The summed E-state index contributed by atoms with van der Waals surface area (Å²) < 4.78 is 7.24. The molecule has 0 saturated carbocycles. The summed E-state index contributed by atoms with van der Waals surface area (Å²) in [6, 6.07) is 12.0. The molecule has 0 atom stereocenters. The zero-order valence-corrected chi connectivity index (χ0v) is 13.7. The Morgan fingerprint density at radius 1 is 1.17 bits per heavy atom. The van der Waals surface area contributed by atoms with Crippen molar-refractivity contribution in [2.75, 3.05) is 42.6 Å². The van der Waals surface area contributed by atoms with E-state index in [1.165, 1.54) is 5.69 Å². The smallest absolute Gasteiger partial charge is 0.274 e. The van der Waals surface area contributed by atoms with Gasteiger partial charge < -0.3 is 19.1 Å². The Labute approximate surface area is 137 Å². The van der Waals surface area contributed by atoms with Crippen molar-refractivity contribution in [3.8, 4) is 0 Å². The van der Waals surface area contributed by atoms with Gasteiger partial charge in [-0.15, -0.1) is 0 Å². The predicted molar refractivity (Wildman–Crippen MR) is 92.2 cm³/mol. The Bertz CT molecular complexity index is 657. The molecule has 0 aliphatic carbocycles. The number of ether oxygens (including phenoxy) is 1. The van der Waals surface area contributed by atoms with Crippen LogP contribution in [0.4, 0.5) is 11.4 Å². The average Bonchev–Trinajstić information content (AvgIpc) is 3.03. The number of anilines is 2. The van der Waals surface area contributed by atoms with Crippen molar-refractivity contribution >= 4 is 17.3 Å². The summed E-state index contributed by atoms with van der Waals surface area (Å²) in [7, 11) is 1.89. The number of morpholine rings is 1. The molecule has 1 aliphatic rings. The van der Waals surface area contributed by atoms with Crippen LogP contribution in [-0.4, -0.2) is 43.3 Å². The minimum absolute atomic E-state index is 0.0270. The molecule has 5 heteroatoms. The SMILES string of the molecule is CCN(C(=O)c1cccn1C)c1ccc(N2CCOCC2)cc1. The second kappa shape index (κ2) is 6.87. The highest BCUT2D eigenvalue weighted by Gasteiger charge is 2.19. The van der Waals surface area contributed by atoms with E-state index in [4.69, 9.17) is 4.74 Å². The van der Waals surface area contributed by atoms with Crippen LogP contribution in [0.5, 0.6) is 0 Å². The van der Waals surface area contributed by atoms with Crippen LogP contribution >= 0.6 is 0 Å². The maximum Gasteiger partial charge on any atom is 0.274 e. The van der Waals surface area contributed by atoms with Gasteiger partial charge in [0.1, 0.15) is 5.69 Å². The van der Waals surface area contributed by atoms with Crippen LogP contribution in [0.15, 0.2) is 42.6 Å². The topological polar surface area (TPSA) is 37.7 Å². The number of carbonyl (C=O) groups is 1. The van der Waals surface area contributed by atoms with E-state index in [0.29, 0.717) is 12.2 Å². The van der Waals surface area contributed by atoms with Crippen LogP contribution in [0.1, 0.15) is 17.4 Å². The van der Waals surface area contributed by atoms with Crippen molar-refractivity contribution in [1.82, 2.24) is 4.57 Å². The number of aryl methyl sites for hydroxylation is 1. The lowest BCUT2D eigenvalue weighted by Crippen LogP contribution is -2.36. The fourth-order valence-electron chi connectivity index (χ4n) is 2.93. The lowest BCUT2D eigenvalue weighted by Gasteiger charge is -2.29. The Morgan fingerprint density at radius 2 is 1.87 bits per heavy atom. The predicted octanol–water partition coefficient (Wildman–Crippen LogP) is 2.53. The number of benzene rings is 1. The molecule has 0 radical (unpaired) electrons. The van der Waals surface area contributed by atoms with Gasteiger partial charge in [0.05, 0.1) is 13.2 Å². The molecular formula is C18H23N3O2. The number of carbonyl (C=O) groups excluding carboxylic acids is 1. The van der Waals surface area contributed by atoms with Gasteiger partial charge in [-0.2, -0.15) is 0 Å². The maximum atomic E-state index is 12.7. The quantitative estimate of drug-likeness (QED) is 0.870. The molecule has 122 valence electrons. The molecule has 1 aromatic heterocycles. The standard InChI is InChI=1S/C18H23N3O2/c1-3-21(18(22)17-5-4-10-19(17)2)16-8-6-15(7-9-16)20-11-13-23-14-12-20/h4-10H,3,11-14H2,1-2H3. The van der Waals surface area contributed by atoms with Crippen LogP contribution in [0.25, 0.3) is 0 Å². The van der Waals surface area contributed by atoms with Crippen LogP contribution in [0.3, 0.4) is 0 Å². The van der Waals surface area contributed by atoms with Gasteiger partial charge in [0, 0.05) is 44.3 Å². The lowest BCUT2D eigenvalue weighted by atomic mass is 10.2. The lowest BCUT2D eigenvalue weighted by molar-refractivity contribution is 0.0980. The summed E-state index contributed by atoms with van der Waals surface area (Å²) >= 11 is 0. The molecule has 1 saturated heterocycles. The van der Waals surface area contributed by atoms with Crippen LogP contribution in [0, 0.1) is 0 Å². The molecule has 1 fully saturated rings. The molecule has 23 heavy (non-hydrogen) atoms. The molecule has 0 N–H and O–H groups in total. The van der Waals surface area contributed by atoms with E-state index in [0.717, 1.165) is 32.0 Å². The number of aromatic nitrogens is 1. The van der Waals surface area contributed by atoms with E-state index in [1.54, 1.807) is 4.90 Å². The Balaban J connectivity index is 1.79. The van der Waals surface area contributed by atoms with Gasteiger partial charge in [0.15, 0.2) is 0 Å². The first-order chi connectivity index (χ1) is 11.2. The van der Waals surface area contributed by atoms with Crippen molar-refractivity contribution in [1.29, 1.82) is 0 Å². The molecule has 0 spiro atoms. The molecule has 5 nitrogen and oxygen atoms in total. The minimum atomic E-state index is 0.0270. The van der Waals surface area contributed by atoms with Gasteiger partial charge in [0.25, 0.3) is 5.91 Å². The van der Waals surface area contributed by atoms with E-state index in [-0.39, 0.29) is 5.91 Å². The third kappa shape index (κ3) is 3.24. The van der Waals surface area contributed by atoms with Crippen LogP contribution < -0.4 is 9.80 Å². The Hall–Kier alpha value is -2.27. The molecular weight excluding hydrogens is 290 g/mol. The van der Waals surface area contributed by atoms with Crippen LogP contribution in [0.2, 0.25) is 0 Å². The van der Waals surface area contributed by atoms with E-state index in [9.17, 15) is 4.79 Å². The van der Waals surface area contributed by atoms with Gasteiger partial charge in [-0.05, 0) is 43.3 Å². The number of rotatable bonds is 4. The summed E-state index contributed by atoms with van der Waals surface area (Å²) in [4.78, 5) is 16.8. The zero-order valence-electron chi connectivity index (χ0n) is 13.7. The van der Waals surface area contributed by atoms with Crippen molar-refractivity contribution in [3.63, 3.8) is 0 Å². The Morgan fingerprint density at radius 3 is 2.43 bits per heavy atom. The highest BCUT2D eigenvalue weighted by Crippen LogP contribution is 2.23. The Kier molecular flexibility index (Phi) is 4.67. The number of hydrogen-bond donors (Lipinski definition) is 0. The fraction of sp³-hybridized carbons (Fsp3) is 0.389. The monoisotopic (exact) mass is 313 g/mol. The highest BCUT2D eigenvalue weighted by atomic mass is 16.5. The largest absolute Gasteiger partial charge is 0.378 e. The van der Waals surface area contributed by atoms with Gasteiger partial charge in [-0.25, -0.2) is 0 Å². The first-order valence-corrected chi connectivity index (χ1v) is 8.06. The van der Waals surface area contributed by atoms with Gasteiger partial charge >= 0.3 is 0 Å². The summed E-state index contributed by atoms with van der Waals surface area (Å²) in [5, 5.41) is 0. The molecule has 2 aromatic rings. The number of nitrogens with zero attached hydrogens (tertiary/aromatic N) is 3. The van der Waals surface area contributed by atoms with Gasteiger partial charge in [0.2, 0.25) is 0 Å². The molecule has 1 amide bonds. The summed E-state index contributed by atoms with van der Waals surface area (Å²) in [6.07, 6.45) is 1.89. The average molecular weight is 313 g/mol. The minimum Gasteiger partial charge on any atom is -0.378 e. The normalized spacial score (nSPS) is 14.8. The van der Waals surface area contributed by atoms with Gasteiger partial charge in [-0.1, -0.05) is 0 Å². The maximum absolute atomic E-state index is 12.7. The van der Waals surface area contributed by atoms with Crippen LogP contribution in [-0.2, 0) is 11.8 Å². The summed E-state index contributed by atoms with van der Waals surface area (Å²) in [6.45, 7) is 6.01. The molecule has 1 aliphatic heterocycles. The van der Waals surface area contributed by atoms with E-state index >= 15 is 0 Å². The molecule has 3 rings (SSSR count). The first-order valence-electron chi connectivity index (χ1n) is 8.06. The number of amides is 1. The molecule has 0 bridgehead atoms. The van der Waals surface area contributed by atoms with Crippen molar-refractivity contribution in [2.24, 2.45) is 7.05 Å². The number of hydrogen-bond acceptors (Lipinski definition) is 3. The summed E-state index contributed by atoms with van der Waals surface area (Å²) in [5.41, 5.74) is 2.80. The van der Waals surface area contributed by atoms with E-state index in [1.807, 2.05) is 49.0 Å². The second-order valence-electron chi connectivity index (χ2n) is 5.67. The van der Waals surface area contributed by atoms with Crippen molar-refractivity contribution < 1.29 is 9.53 Å². The van der Waals surface area contributed by atoms with E-state index < -0.39 is 0 Å². The molecule has 1 aromatic carbocycles. The zero-order chi connectivity index (χ0) is 16.2. The highest BCUT2D eigenvalue weighted by molar-refractivity contribution is 6.05. The third-order valence-corrected chi connectivity index (χ3v) is 4.26. The van der Waals surface area contributed by atoms with E-state index in [2.05, 4.69) is 17.0 Å².